The number of anilines is 4. The van der Waals surface area contributed by atoms with E-state index in [0.29, 0.717) is 5.92 Å². The third-order valence-corrected chi connectivity index (χ3v) is 9.66. The zero-order chi connectivity index (χ0) is 27.3. The zero-order valence-corrected chi connectivity index (χ0v) is 24.2. The van der Waals surface area contributed by atoms with Gasteiger partial charge in [0.2, 0.25) is 0 Å². The first-order valence-electron chi connectivity index (χ1n) is 14.3. The third-order valence-electron chi connectivity index (χ3n) is 9.66. The molecule has 4 aromatic rings. The Hall–Kier alpha value is -3.66. The first-order chi connectivity index (χ1) is 18.5. The molecule has 0 spiro atoms. The van der Waals surface area contributed by atoms with Crippen molar-refractivity contribution in [3.8, 4) is 11.1 Å². The van der Waals surface area contributed by atoms with E-state index in [1.165, 1.54) is 33.6 Å². The summed E-state index contributed by atoms with van der Waals surface area (Å²) in [5.74, 6) is 2.38. The maximum absolute atomic E-state index is 5.33. The van der Waals surface area contributed by atoms with E-state index in [0.717, 1.165) is 23.8 Å². The predicted molar refractivity (Wildman–Crippen MR) is 161 cm³/mol. The second-order valence-corrected chi connectivity index (χ2v) is 13.5. The average Bonchev–Trinajstić information content (AvgIpc) is 3.34. The lowest BCUT2D eigenvalue weighted by atomic mass is 9.80. The summed E-state index contributed by atoms with van der Waals surface area (Å²) < 4.78 is 0. The standard InChI is InChI=1S/C35H38N4/c1-22(2)25-15-11-12-16-26(25)23-17-18-27-28(19-23)39-30-31(37-29(20-36-30)33(3,4)5)38(24-13-9-8-10-14-24)32(39)35(7)21-34(27,35)6/h8-20,22,32H,21H2,1-7H3. The first kappa shape index (κ1) is 24.4. The molecule has 1 saturated carbocycles. The van der Waals surface area contributed by atoms with Gasteiger partial charge in [-0.25, -0.2) is 9.97 Å². The fourth-order valence-electron chi connectivity index (χ4n) is 7.18. The van der Waals surface area contributed by atoms with Gasteiger partial charge in [0.25, 0.3) is 0 Å². The molecule has 2 aliphatic heterocycles. The number of hydrogen-bond donors (Lipinski definition) is 0. The van der Waals surface area contributed by atoms with E-state index in [-0.39, 0.29) is 22.4 Å². The first-order valence-corrected chi connectivity index (χ1v) is 14.3. The summed E-state index contributed by atoms with van der Waals surface area (Å²) in [6, 6.07) is 26.8. The third kappa shape index (κ3) is 3.30. The van der Waals surface area contributed by atoms with Crippen LogP contribution in [0.1, 0.15) is 77.6 Å². The van der Waals surface area contributed by atoms with Crippen molar-refractivity contribution in [1.82, 2.24) is 9.97 Å². The van der Waals surface area contributed by atoms with Gasteiger partial charge in [-0.1, -0.05) is 103 Å². The molecule has 1 aromatic heterocycles. The van der Waals surface area contributed by atoms with Gasteiger partial charge in [-0.05, 0) is 52.8 Å². The number of benzene rings is 3. The predicted octanol–water partition coefficient (Wildman–Crippen LogP) is 8.86. The Morgan fingerprint density at radius 1 is 0.872 bits per heavy atom. The lowest BCUT2D eigenvalue weighted by Gasteiger charge is -2.44. The van der Waals surface area contributed by atoms with Crippen LogP contribution in [0.4, 0.5) is 23.0 Å². The van der Waals surface area contributed by atoms with Gasteiger partial charge in [-0.3, -0.25) is 0 Å². The maximum Gasteiger partial charge on any atom is 0.178 e. The summed E-state index contributed by atoms with van der Waals surface area (Å²) in [4.78, 5) is 15.5. The second kappa shape index (κ2) is 7.94. The van der Waals surface area contributed by atoms with Crippen LogP contribution in [0.15, 0.2) is 79.0 Å². The van der Waals surface area contributed by atoms with Crippen molar-refractivity contribution in [3.05, 3.63) is 95.8 Å². The Morgan fingerprint density at radius 3 is 2.31 bits per heavy atom. The SMILES string of the molecule is CC(C)c1ccccc1-c1ccc2c(c1)N1c3ncc(C(C)(C)C)nc3N(c3ccccc3)C1C1(C)CC21C. The van der Waals surface area contributed by atoms with Crippen LogP contribution in [0, 0.1) is 5.41 Å². The second-order valence-electron chi connectivity index (χ2n) is 13.5. The maximum atomic E-state index is 5.33. The van der Waals surface area contributed by atoms with E-state index in [1.807, 2.05) is 6.20 Å². The highest BCUT2D eigenvalue weighted by atomic mass is 15.5. The molecule has 4 heteroatoms. The minimum Gasteiger partial charge on any atom is -0.301 e. The van der Waals surface area contributed by atoms with Gasteiger partial charge in [0.1, 0.15) is 6.17 Å². The minimum absolute atomic E-state index is 0.0669. The Labute approximate surface area is 232 Å². The highest BCUT2D eigenvalue weighted by molar-refractivity contribution is 5.89. The summed E-state index contributed by atoms with van der Waals surface area (Å²) in [5.41, 5.74) is 8.93. The van der Waals surface area contributed by atoms with Crippen LogP contribution in [-0.4, -0.2) is 16.1 Å². The molecule has 198 valence electrons. The Morgan fingerprint density at radius 2 is 1.59 bits per heavy atom. The van der Waals surface area contributed by atoms with Crippen molar-refractivity contribution >= 4 is 23.0 Å². The summed E-state index contributed by atoms with van der Waals surface area (Å²) in [7, 11) is 0. The number of para-hydroxylation sites is 1. The highest BCUT2D eigenvalue weighted by Crippen LogP contribution is 2.75. The molecular weight excluding hydrogens is 476 g/mol. The molecule has 3 unspecified atom stereocenters. The molecule has 7 rings (SSSR count). The van der Waals surface area contributed by atoms with Gasteiger partial charge in [-0.15, -0.1) is 0 Å². The fourth-order valence-corrected chi connectivity index (χ4v) is 7.18. The number of aromatic nitrogens is 2. The van der Waals surface area contributed by atoms with E-state index < -0.39 is 0 Å². The van der Waals surface area contributed by atoms with E-state index in [2.05, 4.69) is 131 Å². The van der Waals surface area contributed by atoms with Gasteiger partial charge in [-0.2, -0.15) is 0 Å². The number of hydrogen-bond acceptors (Lipinski definition) is 4. The summed E-state index contributed by atoms with van der Waals surface area (Å²) in [6.45, 7) is 16.1. The molecule has 3 atom stereocenters. The van der Waals surface area contributed by atoms with Crippen molar-refractivity contribution in [3.63, 3.8) is 0 Å². The van der Waals surface area contributed by atoms with Crippen LogP contribution in [0.3, 0.4) is 0 Å². The average molecular weight is 515 g/mol. The Balaban J connectivity index is 1.49. The van der Waals surface area contributed by atoms with E-state index in [9.17, 15) is 0 Å². The molecule has 1 aliphatic carbocycles. The normalized spacial score (nSPS) is 24.8. The molecule has 0 N–H and O–H groups in total. The lowest BCUT2D eigenvalue weighted by molar-refractivity contribution is 0.371. The summed E-state index contributed by atoms with van der Waals surface area (Å²) in [6.07, 6.45) is 3.24. The van der Waals surface area contributed by atoms with E-state index in [1.54, 1.807) is 0 Å². The molecule has 0 amide bonds. The largest absolute Gasteiger partial charge is 0.301 e. The molecule has 39 heavy (non-hydrogen) atoms. The van der Waals surface area contributed by atoms with Crippen LogP contribution in [-0.2, 0) is 10.8 Å². The van der Waals surface area contributed by atoms with Gasteiger partial charge < -0.3 is 9.80 Å². The molecule has 1 fully saturated rings. The van der Waals surface area contributed by atoms with Crippen LogP contribution >= 0.6 is 0 Å². The van der Waals surface area contributed by atoms with Crippen molar-refractivity contribution in [1.29, 1.82) is 0 Å². The van der Waals surface area contributed by atoms with Gasteiger partial charge in [0, 0.05) is 27.6 Å². The highest BCUT2D eigenvalue weighted by Gasteiger charge is 2.73. The molecule has 3 aromatic carbocycles. The van der Waals surface area contributed by atoms with E-state index in [4.69, 9.17) is 9.97 Å². The zero-order valence-electron chi connectivity index (χ0n) is 24.2. The molecule has 0 radical (unpaired) electrons. The van der Waals surface area contributed by atoms with Gasteiger partial charge in [0.15, 0.2) is 11.6 Å². The molecule has 3 heterocycles. The minimum atomic E-state index is -0.0862. The molecule has 4 nitrogen and oxygen atoms in total. The number of rotatable bonds is 3. The molecule has 3 aliphatic rings. The van der Waals surface area contributed by atoms with Crippen LogP contribution in [0.25, 0.3) is 11.1 Å². The number of fused-ring (bicyclic) bond motifs is 8. The summed E-state index contributed by atoms with van der Waals surface area (Å²) in [5, 5.41) is 0. The monoisotopic (exact) mass is 514 g/mol. The lowest BCUT2D eigenvalue weighted by Crippen LogP contribution is -2.50. The van der Waals surface area contributed by atoms with E-state index >= 15 is 0 Å². The van der Waals surface area contributed by atoms with Gasteiger partial charge in [0.05, 0.1) is 11.9 Å². The van der Waals surface area contributed by atoms with Crippen molar-refractivity contribution in [2.75, 3.05) is 9.80 Å². The molecule has 0 bridgehead atoms. The van der Waals surface area contributed by atoms with Gasteiger partial charge >= 0.3 is 0 Å². The number of nitrogens with zero attached hydrogens (tertiary/aromatic N) is 4. The molecule has 0 saturated heterocycles. The quantitative estimate of drug-likeness (QED) is 0.273. The van der Waals surface area contributed by atoms with Crippen molar-refractivity contribution in [2.24, 2.45) is 5.41 Å². The van der Waals surface area contributed by atoms with Crippen LogP contribution in [0.5, 0.6) is 0 Å². The van der Waals surface area contributed by atoms with Crippen LogP contribution in [0.2, 0.25) is 0 Å². The Bertz CT molecular complexity index is 1600. The van der Waals surface area contributed by atoms with Crippen LogP contribution < -0.4 is 9.80 Å². The topological polar surface area (TPSA) is 32.3 Å². The van der Waals surface area contributed by atoms with Crippen molar-refractivity contribution in [2.45, 2.75) is 77.8 Å². The fraction of sp³-hybridized carbons (Fsp3) is 0.371. The smallest absolute Gasteiger partial charge is 0.178 e. The van der Waals surface area contributed by atoms with Crippen molar-refractivity contribution < 1.29 is 0 Å². The Kier molecular flexibility index (Phi) is 4.96. The molecular formula is C35H38N4. The summed E-state index contributed by atoms with van der Waals surface area (Å²) >= 11 is 0.